The van der Waals surface area contributed by atoms with E-state index in [1.54, 1.807) is 152 Å². The lowest BCUT2D eigenvalue weighted by Gasteiger charge is -2.67. The lowest BCUT2D eigenvalue weighted by Crippen LogP contribution is -2.81. The molecule has 4 saturated carbocycles. The van der Waals surface area contributed by atoms with Crippen LogP contribution in [-0.4, -0.2) is 246 Å². The molecule has 2 saturated heterocycles. The van der Waals surface area contributed by atoms with Gasteiger partial charge < -0.3 is 108 Å². The zero-order valence-electron chi connectivity index (χ0n) is 85.5. The number of hydrogen-bond acceptors (Lipinski definition) is 37. The Kier molecular flexibility index (Phi) is 37.7. The van der Waals surface area contributed by atoms with Crippen molar-refractivity contribution in [1.82, 2.24) is 16.0 Å². The van der Waals surface area contributed by atoms with Crippen molar-refractivity contribution in [1.29, 1.82) is 0 Å². The Balaban J connectivity index is 0.000000272. The van der Waals surface area contributed by atoms with Gasteiger partial charge in [-0.2, -0.15) is 18.5 Å². The van der Waals surface area contributed by atoms with E-state index in [2.05, 4.69) is 44.5 Å². The molecule has 22 atom stereocenters. The number of hydrogen-bond donors (Lipinski definition) is 12. The first-order valence-corrected chi connectivity index (χ1v) is 49.7. The average Bonchev–Trinajstić information content (AvgIpc) is 0.670. The number of ether oxygens (including phenoxy) is 13. The Morgan fingerprint density at radius 1 is 0.490 bits per heavy atom. The zero-order chi connectivity index (χ0) is 108. The zero-order valence-corrected chi connectivity index (χ0v) is 86.4. The normalized spacial score (nSPS) is 28.8. The molecule has 5 aromatic rings. The minimum atomic E-state index is -2.44. The Hall–Kier alpha value is -11.6. The first-order chi connectivity index (χ1) is 69.2. The van der Waals surface area contributed by atoms with Gasteiger partial charge in [0.25, 0.3) is 0 Å². The van der Waals surface area contributed by atoms with Crippen LogP contribution in [0.4, 0.5) is 14.4 Å². The summed E-state index contributed by atoms with van der Waals surface area (Å²) in [6.45, 7) is 23.8. The van der Waals surface area contributed by atoms with Crippen LogP contribution in [0.2, 0.25) is 0 Å². The first kappa shape index (κ1) is 116. The summed E-state index contributed by atoms with van der Waals surface area (Å²) in [7, 11) is 0. The molecule has 147 heavy (non-hydrogen) atoms. The fourth-order valence-electron chi connectivity index (χ4n) is 22.0. The molecule has 12 N–H and O–H groups in total. The number of thiol groups is 1. The maximum absolute atomic E-state index is 15.3. The molecule has 40 heteroatoms. The summed E-state index contributed by atoms with van der Waals surface area (Å²) in [5.74, 6) is -7.74. The quantitative estimate of drug-likeness (QED) is 0.00353. The molecule has 2 aliphatic heterocycles. The maximum Gasteiger partial charge on any atom is 0.408 e. The Bertz CT molecular complexity index is 5580. The van der Waals surface area contributed by atoms with E-state index in [1.807, 2.05) is 30.3 Å². The van der Waals surface area contributed by atoms with Gasteiger partial charge in [-0.25, -0.2) is 38.8 Å². The monoisotopic (exact) mass is 2070 g/mol. The van der Waals surface area contributed by atoms with Crippen molar-refractivity contribution in [3.63, 3.8) is 0 Å². The predicted octanol–water partition coefficient (Wildman–Crippen LogP) is 11.3. The fourth-order valence-corrected chi connectivity index (χ4v) is 22.2. The number of Topliss-reactive ketones (excluding diaryl/α,β-unsaturated/α-hetero) is 2. The summed E-state index contributed by atoms with van der Waals surface area (Å²) in [6, 6.07) is 38.5. The molecule has 2 heterocycles. The number of ketones is 2. The van der Waals surface area contributed by atoms with Crippen molar-refractivity contribution < 1.29 is 170 Å². The van der Waals surface area contributed by atoms with Gasteiger partial charge in [-0.05, 0) is 164 Å². The molecule has 0 spiro atoms. The van der Waals surface area contributed by atoms with Crippen molar-refractivity contribution in [2.45, 2.75) is 320 Å². The van der Waals surface area contributed by atoms with E-state index in [4.69, 9.17) is 66.8 Å². The minimum absolute atomic E-state index is 0.0501. The number of unbranched alkanes of at least 4 members (excludes halogenated alkanes) is 5. The number of nitrogens with one attached hydrogen (secondary N) is 3. The molecular formula is C107H138N4O35S. The number of benzene rings is 5. The Labute approximate surface area is 858 Å². The number of rotatable bonds is 33. The van der Waals surface area contributed by atoms with Crippen LogP contribution in [0.1, 0.15) is 244 Å². The molecule has 5 aromatic carbocycles. The topological polar surface area (TPSA) is 564 Å². The van der Waals surface area contributed by atoms with Crippen LogP contribution in [0.15, 0.2) is 174 Å². The smallest absolute Gasteiger partial charge is 0.408 e. The van der Waals surface area contributed by atoms with Gasteiger partial charge in [-0.15, -0.1) is 4.99 Å². The lowest BCUT2D eigenvalue weighted by molar-refractivity contribution is -0.494. The van der Waals surface area contributed by atoms with E-state index in [9.17, 15) is 78.6 Å². The van der Waals surface area contributed by atoms with E-state index in [1.165, 1.54) is 65.8 Å². The number of aliphatic hydroxyl groups is 6. The number of esters is 8. The Morgan fingerprint density at radius 3 is 1.17 bits per heavy atom. The number of nitrogens with two attached hydrogens (primary N) is 1. The molecule has 8 aliphatic rings. The van der Waals surface area contributed by atoms with Gasteiger partial charge in [0, 0.05) is 69.7 Å². The van der Waals surface area contributed by atoms with Gasteiger partial charge in [0.1, 0.15) is 89.9 Å². The van der Waals surface area contributed by atoms with Crippen LogP contribution in [0.25, 0.3) is 0 Å². The summed E-state index contributed by atoms with van der Waals surface area (Å²) in [6.07, 6.45) is -20.3. The van der Waals surface area contributed by atoms with Crippen LogP contribution in [0, 0.1) is 33.5 Å². The molecule has 6 aliphatic carbocycles. The van der Waals surface area contributed by atoms with Gasteiger partial charge >= 0.3 is 66.0 Å². The van der Waals surface area contributed by atoms with Gasteiger partial charge in [0.05, 0.1) is 59.2 Å². The predicted molar refractivity (Wildman–Crippen MR) is 524 cm³/mol. The van der Waals surface area contributed by atoms with Gasteiger partial charge in [-0.3, -0.25) is 28.8 Å². The average molecular weight is 2070 g/mol. The summed E-state index contributed by atoms with van der Waals surface area (Å²) in [5, 5.41) is 94.3. The number of fused-ring (bicyclic) bond motifs is 10. The van der Waals surface area contributed by atoms with E-state index in [0.717, 1.165) is 32.3 Å². The van der Waals surface area contributed by atoms with Gasteiger partial charge in [0.15, 0.2) is 22.8 Å². The molecule has 3 amide bonds. The number of alkyl carbamates (subject to hydrolysis) is 3. The number of carbonyl (C=O) groups excluding carboxylic acids is 13. The van der Waals surface area contributed by atoms with Crippen LogP contribution >= 0.6 is 12.6 Å². The molecule has 4 bridgehead atoms. The minimum Gasteiger partial charge on any atom is -0.455 e. The van der Waals surface area contributed by atoms with Crippen LogP contribution in [0.3, 0.4) is 0 Å². The van der Waals surface area contributed by atoms with E-state index >= 15 is 14.4 Å². The summed E-state index contributed by atoms with van der Waals surface area (Å²) in [5.41, 5.74) is -16.2. The van der Waals surface area contributed by atoms with Crippen LogP contribution in [0.5, 0.6) is 0 Å². The fraction of sp³-hybridized carbons (Fsp3) is 0.561. The third-order valence-corrected chi connectivity index (χ3v) is 29.8. The van der Waals surface area contributed by atoms with E-state index in [-0.39, 0.29) is 91.9 Å². The Morgan fingerprint density at radius 2 is 0.837 bits per heavy atom. The third kappa shape index (κ3) is 25.1. The number of aliphatic hydroxyl groups excluding tert-OH is 4. The number of carbonyl (C=O) groups is 13. The summed E-state index contributed by atoms with van der Waals surface area (Å²) < 4.78 is 77.7. The molecular weight excluding hydrogens is 1930 g/mol. The van der Waals surface area contributed by atoms with Crippen molar-refractivity contribution in [3.05, 3.63) is 202 Å². The summed E-state index contributed by atoms with van der Waals surface area (Å²) in [4.78, 5) is 185. The molecule has 0 aromatic heterocycles. The third-order valence-electron chi connectivity index (χ3n) is 29.5. The molecule has 39 nitrogen and oxygen atoms in total. The SMILES string of the molecule is CC(=O)O[C@@]12CO[C@@H]1C[C@H](O)[C@@]1(C)C(=O)[C@H](O)C3=C(C)[C@@H](OC(=O)[C@H](OC(=O)CCCCCCS)[C@@H](NC(=O)OC(C)(C)C)c4ccccc4)C[C@@](O)([C@@H](OC(=O)c4ccccc4)[C@H]21)C3(C)C.CC(=O)O[C@@]12CO[C@@H]1C[C@H](O)[C@@]1(C)C(=O)[C@H](O)C3=C(C)[C@@H](OC(=O)[C@H](OC(=O)CCCCCNC(=O)OCc4ccccc4)[C@@H](NC(=O)OC(C)(C)C)c4ccccc4)C[C@@](O)([C@@H](OC(=O)c4ccccc4)[C@H]21)C3(C)C.NOOO. The van der Waals surface area contributed by atoms with Gasteiger partial charge in [0.2, 0.25) is 12.2 Å². The van der Waals surface area contributed by atoms with E-state index in [0.29, 0.717) is 42.6 Å². The second-order valence-electron chi connectivity index (χ2n) is 41.9. The van der Waals surface area contributed by atoms with Crippen molar-refractivity contribution in [2.75, 3.05) is 25.5 Å². The first-order valence-electron chi connectivity index (χ1n) is 49.1. The van der Waals surface area contributed by atoms with Crippen LogP contribution in [-0.2, 0) is 117 Å². The summed E-state index contributed by atoms with van der Waals surface area (Å²) >= 11 is 4.25. The maximum atomic E-state index is 15.3. The van der Waals surface area contributed by atoms with Crippen LogP contribution < -0.4 is 21.8 Å². The highest BCUT2D eigenvalue weighted by atomic mass is 32.1. The highest BCUT2D eigenvalue weighted by Gasteiger charge is 2.81. The standard InChI is InChI=1S/C57H70N2O17.C50H65NO15S.H3NO3/c1-33-38(30-57(69)48(74-49(65)37-25-17-11-18-26-37)46-55(8,47(64)44(63)42(33)54(57,6)7)39(61)29-40-56(46,32-71-40)75-34(2)60)72-50(66)45(43(36-23-15-10-16-24-36)59-52(68)76-53(3,4)5)73-41(62)27-19-12-20-28-58-51(67)70-31-35-21-13-9-14-22-35;1-28-32(62-44(58)39(63-35(54)23-17-9-10-18-24-67)37(30-19-13-11-14-20-30)51-45(59)66-46(3,4)5)26-50(60)42(64-43(57)31-21-15-12-16-22-31)40-48(8,41(56)38(55)36(28)47(50,6)7)33(53)25-34-49(40,27-61-34)65-29(2)52;1-3-4-2/h9-11,13-18,21-26,38-40,43-46,48,61,63,69H,12,19-20,27-32H2,1-8H3,(H,58,67)(H,59,68);11-16,19-22,32-34,37-40,42,53,55,60,67H,9-10,17-18,23-27H2,1-8H3,(H,51,59);2H,1H2/t38-,39-,40+,43-,44+,45+,46-,48-,55+,56-,57+;32-,33-,34+,37-,38+,39+,40-,42-,48+,49-,50+;/m00./s1. The molecule has 802 valence electrons. The van der Waals surface area contributed by atoms with Crippen molar-refractivity contribution in [2.24, 2.45) is 39.4 Å². The van der Waals surface area contributed by atoms with Crippen molar-refractivity contribution >= 4 is 90.2 Å². The molecule has 6 fully saturated rings. The molecule has 13 rings (SSSR count). The highest BCUT2D eigenvalue weighted by molar-refractivity contribution is 7.80. The lowest BCUT2D eigenvalue weighted by atomic mass is 9.44. The second kappa shape index (κ2) is 47.9. The highest BCUT2D eigenvalue weighted by Crippen LogP contribution is 2.67. The molecule has 0 unspecified atom stereocenters. The van der Waals surface area contributed by atoms with E-state index < -0.39 is 243 Å². The second-order valence-corrected chi connectivity index (χ2v) is 42.4. The largest absolute Gasteiger partial charge is 0.455 e. The van der Waals surface area contributed by atoms with Crippen molar-refractivity contribution in [3.8, 4) is 0 Å². The molecule has 0 radical (unpaired) electrons. The van der Waals surface area contributed by atoms with Gasteiger partial charge in [-0.1, -0.05) is 179 Å². The number of amides is 3.